The van der Waals surface area contributed by atoms with E-state index in [2.05, 4.69) is 15.6 Å². The summed E-state index contributed by atoms with van der Waals surface area (Å²) in [4.78, 5) is 25.4. The maximum Gasteiger partial charge on any atom is 0.335 e. The zero-order valence-corrected chi connectivity index (χ0v) is 17.6. The highest BCUT2D eigenvalue weighted by atomic mass is 16.5. The van der Waals surface area contributed by atoms with E-state index in [4.69, 9.17) is 14.7 Å². The van der Waals surface area contributed by atoms with Gasteiger partial charge in [0.05, 0.1) is 17.2 Å². The molecule has 0 spiro atoms. The number of hydrogen-bond acceptors (Lipinski definition) is 7. The first kappa shape index (κ1) is 20.1. The van der Waals surface area contributed by atoms with Crippen molar-refractivity contribution in [2.24, 2.45) is 0 Å². The summed E-state index contributed by atoms with van der Waals surface area (Å²) in [6.45, 7) is 3.46. The molecule has 1 saturated heterocycles. The molecule has 1 aliphatic rings. The van der Waals surface area contributed by atoms with Crippen molar-refractivity contribution in [1.29, 1.82) is 0 Å². The molecule has 3 N–H and O–H groups in total. The van der Waals surface area contributed by atoms with Gasteiger partial charge in [-0.25, -0.2) is 19.7 Å². The van der Waals surface area contributed by atoms with Crippen LogP contribution in [0.1, 0.15) is 28.8 Å². The van der Waals surface area contributed by atoms with Gasteiger partial charge < -0.3 is 20.5 Å². The van der Waals surface area contributed by atoms with Crippen LogP contribution in [0.4, 0.5) is 17.5 Å². The van der Waals surface area contributed by atoms with Gasteiger partial charge in [0.25, 0.3) is 0 Å². The molecule has 1 aliphatic heterocycles. The number of pyridine rings is 1. The van der Waals surface area contributed by atoms with Crippen molar-refractivity contribution >= 4 is 45.2 Å². The summed E-state index contributed by atoms with van der Waals surface area (Å²) in [7, 11) is 0. The van der Waals surface area contributed by atoms with Crippen molar-refractivity contribution in [2.75, 3.05) is 23.8 Å². The molecule has 2 aromatic carbocycles. The number of hydrogen-bond donors (Lipinski definition) is 3. The van der Waals surface area contributed by atoms with Gasteiger partial charge in [-0.2, -0.15) is 0 Å². The molecule has 0 radical (unpaired) electrons. The lowest BCUT2D eigenvalue weighted by Gasteiger charge is -2.14. The lowest BCUT2D eigenvalue weighted by Crippen LogP contribution is -2.19. The zero-order valence-electron chi connectivity index (χ0n) is 17.6. The van der Waals surface area contributed by atoms with Crippen LogP contribution in [0.25, 0.3) is 21.8 Å². The Hall–Kier alpha value is -3.78. The maximum absolute atomic E-state index is 11.5. The van der Waals surface area contributed by atoms with Crippen LogP contribution in [0.2, 0.25) is 0 Å². The molecule has 32 heavy (non-hydrogen) atoms. The first-order chi connectivity index (χ1) is 15.6. The van der Waals surface area contributed by atoms with Gasteiger partial charge in [-0.05, 0) is 49.6 Å². The van der Waals surface area contributed by atoms with Gasteiger partial charge in [0.15, 0.2) is 5.82 Å². The van der Waals surface area contributed by atoms with Crippen LogP contribution in [-0.4, -0.2) is 45.3 Å². The van der Waals surface area contributed by atoms with E-state index in [9.17, 15) is 9.90 Å². The number of rotatable bonds is 6. The third kappa shape index (κ3) is 4.04. The lowest BCUT2D eigenvalue weighted by molar-refractivity contribution is 0.0697. The smallest absolute Gasteiger partial charge is 0.335 e. The average Bonchev–Trinajstić information content (AvgIpc) is 3.31. The van der Waals surface area contributed by atoms with E-state index in [0.717, 1.165) is 41.5 Å². The highest BCUT2D eigenvalue weighted by molar-refractivity contribution is 6.10. The van der Waals surface area contributed by atoms with Crippen molar-refractivity contribution < 1.29 is 14.6 Å². The highest BCUT2D eigenvalue weighted by Crippen LogP contribution is 2.31. The van der Waals surface area contributed by atoms with E-state index >= 15 is 0 Å². The van der Waals surface area contributed by atoms with E-state index in [-0.39, 0.29) is 11.7 Å². The molecule has 0 bridgehead atoms. The molecular formula is C24H23N5O3. The van der Waals surface area contributed by atoms with Crippen molar-refractivity contribution in [3.63, 3.8) is 0 Å². The normalized spacial score (nSPS) is 15.8. The minimum absolute atomic E-state index is 0.170. The summed E-state index contributed by atoms with van der Waals surface area (Å²) in [6.07, 6.45) is 4.03. The first-order valence-electron chi connectivity index (χ1n) is 10.6. The molecule has 8 heteroatoms. The van der Waals surface area contributed by atoms with E-state index in [1.54, 1.807) is 24.4 Å². The fourth-order valence-corrected chi connectivity index (χ4v) is 3.96. The summed E-state index contributed by atoms with van der Waals surface area (Å²) in [5.41, 5.74) is 3.39. The highest BCUT2D eigenvalue weighted by Gasteiger charge is 2.17. The summed E-state index contributed by atoms with van der Waals surface area (Å²) < 4.78 is 5.67. The average molecular weight is 429 g/mol. The second-order valence-corrected chi connectivity index (χ2v) is 7.96. The number of carbonyl (C=O) groups is 1. The molecule has 1 unspecified atom stereocenters. The second-order valence-electron chi connectivity index (χ2n) is 7.96. The van der Waals surface area contributed by atoms with Crippen LogP contribution in [0, 0.1) is 6.92 Å². The largest absolute Gasteiger partial charge is 0.478 e. The number of carboxylic acids is 1. The van der Waals surface area contributed by atoms with E-state index < -0.39 is 5.97 Å². The Morgan fingerprint density at radius 3 is 2.88 bits per heavy atom. The van der Waals surface area contributed by atoms with Gasteiger partial charge in [-0.3, -0.25) is 0 Å². The molecule has 1 fully saturated rings. The molecule has 0 aliphatic carbocycles. The van der Waals surface area contributed by atoms with Crippen molar-refractivity contribution in [3.05, 3.63) is 59.8 Å². The van der Waals surface area contributed by atoms with Crippen LogP contribution in [0.3, 0.4) is 0 Å². The Bertz CT molecular complexity index is 1320. The number of aromatic carboxylic acids is 1. The molecule has 2 aromatic heterocycles. The quantitative estimate of drug-likeness (QED) is 0.384. The number of ether oxygens (including phenoxy) is 1. The number of carboxylic acid groups (broad SMARTS) is 1. The number of benzene rings is 2. The standard InChI is InChI=1S/C24H23N5O3/c1-14-4-2-5-16(10-14)27-22-21-19(18-8-7-15(23(30)31)11-20(18)28-22)13-26-24(29-21)25-12-17-6-3-9-32-17/h2,4-5,7-8,10-11,13,17H,3,6,9,12H2,1H3,(H,27,28)(H,30,31)(H,25,26,29). The molecule has 0 amide bonds. The van der Waals surface area contributed by atoms with E-state index in [1.807, 2.05) is 31.2 Å². The molecule has 1 atom stereocenters. The number of nitrogens with one attached hydrogen (secondary N) is 2. The molecule has 4 aromatic rings. The monoisotopic (exact) mass is 429 g/mol. The minimum Gasteiger partial charge on any atom is -0.478 e. The predicted molar refractivity (Wildman–Crippen MR) is 124 cm³/mol. The van der Waals surface area contributed by atoms with Crippen LogP contribution in [0.15, 0.2) is 48.7 Å². The SMILES string of the molecule is Cc1cccc(Nc2nc3cc(C(=O)O)ccc3c3cnc(NCC4CCCO4)nc23)c1. The van der Waals surface area contributed by atoms with E-state index in [1.165, 1.54) is 0 Å². The third-order valence-corrected chi connectivity index (χ3v) is 5.57. The zero-order chi connectivity index (χ0) is 22.1. The Labute approximate surface area is 184 Å². The van der Waals surface area contributed by atoms with Gasteiger partial charge in [-0.15, -0.1) is 0 Å². The van der Waals surface area contributed by atoms with Gasteiger partial charge in [0.2, 0.25) is 5.95 Å². The number of fused-ring (bicyclic) bond motifs is 3. The van der Waals surface area contributed by atoms with Crippen LogP contribution >= 0.6 is 0 Å². The fraction of sp³-hybridized carbons (Fsp3) is 0.250. The molecule has 5 rings (SSSR count). The number of aryl methyl sites for hydroxylation is 1. The third-order valence-electron chi connectivity index (χ3n) is 5.57. The summed E-state index contributed by atoms with van der Waals surface area (Å²) in [6, 6.07) is 12.9. The molecule has 0 saturated carbocycles. The Kier molecular flexibility index (Phi) is 5.28. The fourth-order valence-electron chi connectivity index (χ4n) is 3.96. The molecule has 3 heterocycles. The van der Waals surface area contributed by atoms with Crippen LogP contribution in [-0.2, 0) is 4.74 Å². The molecule has 8 nitrogen and oxygen atoms in total. The molecule has 162 valence electrons. The van der Waals surface area contributed by atoms with Gasteiger partial charge in [0.1, 0.15) is 5.52 Å². The van der Waals surface area contributed by atoms with Gasteiger partial charge in [0, 0.05) is 35.8 Å². The van der Waals surface area contributed by atoms with Crippen molar-refractivity contribution in [1.82, 2.24) is 15.0 Å². The summed E-state index contributed by atoms with van der Waals surface area (Å²) >= 11 is 0. The minimum atomic E-state index is -0.994. The number of aromatic nitrogens is 3. The Balaban J connectivity index is 1.60. The number of anilines is 3. The summed E-state index contributed by atoms with van der Waals surface area (Å²) in [5, 5.41) is 17.6. The van der Waals surface area contributed by atoms with Crippen LogP contribution < -0.4 is 10.6 Å². The number of nitrogens with zero attached hydrogens (tertiary/aromatic N) is 3. The Morgan fingerprint density at radius 1 is 1.19 bits per heavy atom. The Morgan fingerprint density at radius 2 is 2.09 bits per heavy atom. The predicted octanol–water partition coefficient (Wildman–Crippen LogP) is 4.52. The first-order valence-corrected chi connectivity index (χ1v) is 10.6. The van der Waals surface area contributed by atoms with Crippen LogP contribution in [0.5, 0.6) is 0 Å². The van der Waals surface area contributed by atoms with Crippen molar-refractivity contribution in [3.8, 4) is 0 Å². The van der Waals surface area contributed by atoms with Gasteiger partial charge in [-0.1, -0.05) is 18.2 Å². The topological polar surface area (TPSA) is 109 Å². The maximum atomic E-state index is 11.5. The van der Waals surface area contributed by atoms with E-state index in [0.29, 0.717) is 29.3 Å². The summed E-state index contributed by atoms with van der Waals surface area (Å²) in [5.74, 6) is 0.0544. The lowest BCUT2D eigenvalue weighted by atomic mass is 10.1. The van der Waals surface area contributed by atoms with Crippen molar-refractivity contribution in [2.45, 2.75) is 25.9 Å². The second kappa shape index (κ2) is 8.39. The molecular weight excluding hydrogens is 406 g/mol. The van der Waals surface area contributed by atoms with Gasteiger partial charge >= 0.3 is 5.97 Å².